The van der Waals surface area contributed by atoms with Crippen molar-refractivity contribution in [2.24, 2.45) is 0 Å². The van der Waals surface area contributed by atoms with Gasteiger partial charge in [0.2, 0.25) is 0 Å². The molecule has 0 rings (SSSR count). The molecular weight excluding hydrogens is 671 g/mol. The number of hydrogen-bond donors (Lipinski definition) is 0. The topological polar surface area (TPSA) is 128 Å². The average molecular weight is 725 g/mol. The van der Waals surface area contributed by atoms with E-state index in [1.165, 1.54) is 0 Å². The molecule has 0 aromatic carbocycles. The van der Waals surface area contributed by atoms with Crippen LogP contribution in [0.1, 0.15) is 6.92 Å². The molecule has 0 aromatic rings. The molecule has 0 heterocycles. The van der Waals surface area contributed by atoms with E-state index in [2.05, 4.69) is 29.2 Å². The summed E-state index contributed by atoms with van der Waals surface area (Å²) in [4.78, 5) is 11.2. The molecule has 0 fully saturated rings. The minimum atomic E-state index is -0.412. The number of esters is 1. The summed E-state index contributed by atoms with van der Waals surface area (Å²) in [7, 11) is 0. The molecule has 42 heavy (non-hydrogen) atoms. The van der Waals surface area contributed by atoms with E-state index < -0.39 is 5.97 Å². The van der Waals surface area contributed by atoms with Gasteiger partial charge in [0.1, 0.15) is 6.61 Å². The first kappa shape index (κ1) is 41.5. The second-order valence-electron chi connectivity index (χ2n) is 8.34. The summed E-state index contributed by atoms with van der Waals surface area (Å²) in [5.41, 5.74) is 0.371. The zero-order valence-electron chi connectivity index (χ0n) is 25.4. The van der Waals surface area contributed by atoms with Crippen molar-refractivity contribution in [1.82, 2.24) is 0 Å². The van der Waals surface area contributed by atoms with Gasteiger partial charge in [-0.3, -0.25) is 0 Å². The summed E-state index contributed by atoms with van der Waals surface area (Å²) < 4.78 is 65.4. The average Bonchev–Trinajstić information content (AvgIpc) is 2.99. The van der Waals surface area contributed by atoms with Crippen LogP contribution in [0, 0.1) is 0 Å². The van der Waals surface area contributed by atoms with Gasteiger partial charge in [-0.2, -0.15) is 0 Å². The molecule has 14 heteroatoms. The van der Waals surface area contributed by atoms with Crippen molar-refractivity contribution >= 4 is 28.6 Å². The van der Waals surface area contributed by atoms with Gasteiger partial charge in [0.05, 0.1) is 145 Å². The zero-order chi connectivity index (χ0) is 30.6. The number of halogens is 1. The van der Waals surface area contributed by atoms with E-state index in [-0.39, 0.29) is 6.61 Å². The highest BCUT2D eigenvalue weighted by atomic mass is 127. The summed E-state index contributed by atoms with van der Waals surface area (Å²) >= 11 is 2.27. The largest absolute Gasteiger partial charge is 0.460 e. The lowest BCUT2D eigenvalue weighted by Crippen LogP contribution is -2.15. The highest BCUT2D eigenvalue weighted by Gasteiger charge is 2.02. The molecule has 0 aliphatic carbocycles. The molecule has 0 aliphatic rings. The summed E-state index contributed by atoms with van der Waals surface area (Å²) in [6, 6.07) is 0. The second-order valence-corrected chi connectivity index (χ2v) is 9.42. The molecule has 0 N–H and O–H groups in total. The Morgan fingerprint density at radius 1 is 0.405 bits per heavy atom. The van der Waals surface area contributed by atoms with Crippen LogP contribution >= 0.6 is 22.6 Å². The molecule has 0 unspecified atom stereocenters. The SMILES string of the molecule is C=C(C)C(=O)OCCOCCOCCOCCOCCOCCOCCOCCOCCOCCOCCOCCI. The van der Waals surface area contributed by atoms with Gasteiger partial charge in [-0.05, 0) is 6.92 Å². The quantitative estimate of drug-likeness (QED) is 0.0306. The number of rotatable bonds is 36. The van der Waals surface area contributed by atoms with E-state index in [1.807, 2.05) is 0 Å². The number of hydrogen-bond acceptors (Lipinski definition) is 13. The third-order valence-corrected chi connectivity index (χ3v) is 5.19. The molecule has 0 amide bonds. The van der Waals surface area contributed by atoms with Crippen LogP contribution in [-0.2, 0) is 61.6 Å². The lowest BCUT2D eigenvalue weighted by molar-refractivity contribution is -0.140. The van der Waals surface area contributed by atoms with Crippen LogP contribution in [0.25, 0.3) is 0 Å². The third kappa shape index (κ3) is 35.7. The Morgan fingerprint density at radius 3 is 0.786 bits per heavy atom. The molecular formula is C28H53IO13. The Kier molecular flexibility index (Phi) is 36.3. The molecule has 0 aromatic heterocycles. The Morgan fingerprint density at radius 2 is 0.595 bits per heavy atom. The van der Waals surface area contributed by atoms with Crippen LogP contribution in [0.4, 0.5) is 0 Å². The van der Waals surface area contributed by atoms with Crippen molar-refractivity contribution in [3.05, 3.63) is 12.2 Å². The molecule has 0 saturated heterocycles. The third-order valence-electron chi connectivity index (χ3n) is 4.75. The van der Waals surface area contributed by atoms with Crippen molar-refractivity contribution in [2.45, 2.75) is 6.92 Å². The van der Waals surface area contributed by atoms with Gasteiger partial charge in [0.15, 0.2) is 0 Å². The van der Waals surface area contributed by atoms with Gasteiger partial charge in [-0.15, -0.1) is 0 Å². The first-order valence-electron chi connectivity index (χ1n) is 14.4. The van der Waals surface area contributed by atoms with Crippen molar-refractivity contribution in [3.63, 3.8) is 0 Å². The van der Waals surface area contributed by atoms with Crippen molar-refractivity contribution in [3.8, 4) is 0 Å². The summed E-state index contributed by atoms with van der Waals surface area (Å²) in [6.07, 6.45) is 0. The fourth-order valence-electron chi connectivity index (χ4n) is 2.67. The Balaban J connectivity index is 3.06. The highest BCUT2D eigenvalue weighted by Crippen LogP contribution is 1.92. The number of ether oxygens (including phenoxy) is 12. The molecule has 0 saturated carbocycles. The smallest absolute Gasteiger partial charge is 0.333 e. The van der Waals surface area contributed by atoms with Crippen molar-refractivity contribution in [2.75, 3.05) is 156 Å². The molecule has 0 bridgehead atoms. The predicted molar refractivity (Wildman–Crippen MR) is 164 cm³/mol. The van der Waals surface area contributed by atoms with Crippen LogP contribution in [0.5, 0.6) is 0 Å². The standard InChI is InChI=1S/C28H53IO13/c1-27(2)28(30)42-26-25-41-24-23-40-22-21-39-20-19-38-18-17-37-16-15-36-14-13-35-12-11-34-10-9-33-8-7-32-6-5-31-4-3-29/h1,3-26H2,2H3. The molecule has 0 spiro atoms. The first-order chi connectivity index (χ1) is 20.7. The number of carbonyl (C=O) groups excluding carboxylic acids is 1. The molecule has 250 valence electrons. The maximum Gasteiger partial charge on any atom is 0.333 e. The molecule has 13 nitrogen and oxygen atoms in total. The van der Waals surface area contributed by atoms with Gasteiger partial charge in [-0.25, -0.2) is 4.79 Å². The van der Waals surface area contributed by atoms with E-state index in [1.54, 1.807) is 6.92 Å². The molecule has 0 radical (unpaired) electrons. The van der Waals surface area contributed by atoms with Crippen LogP contribution in [-0.4, -0.2) is 162 Å². The van der Waals surface area contributed by atoms with E-state index in [9.17, 15) is 4.79 Å². The Labute approximate surface area is 265 Å². The fourth-order valence-corrected chi connectivity index (χ4v) is 2.98. The lowest BCUT2D eigenvalue weighted by atomic mass is 10.4. The van der Waals surface area contributed by atoms with Gasteiger partial charge < -0.3 is 56.8 Å². The van der Waals surface area contributed by atoms with E-state index in [0.717, 1.165) is 11.0 Å². The number of carbonyl (C=O) groups is 1. The van der Waals surface area contributed by atoms with Crippen LogP contribution in [0.3, 0.4) is 0 Å². The predicted octanol–water partition coefficient (Wildman–Crippen LogP) is 1.72. The maximum atomic E-state index is 11.2. The first-order valence-corrected chi connectivity index (χ1v) is 15.9. The van der Waals surface area contributed by atoms with Crippen molar-refractivity contribution in [1.29, 1.82) is 0 Å². The summed E-state index contributed by atoms with van der Waals surface area (Å²) in [5.74, 6) is -0.412. The van der Waals surface area contributed by atoms with Gasteiger partial charge >= 0.3 is 5.97 Å². The van der Waals surface area contributed by atoms with Gasteiger partial charge in [0, 0.05) is 10.0 Å². The zero-order valence-corrected chi connectivity index (χ0v) is 27.5. The van der Waals surface area contributed by atoms with Crippen LogP contribution < -0.4 is 0 Å². The van der Waals surface area contributed by atoms with Gasteiger partial charge in [0.25, 0.3) is 0 Å². The van der Waals surface area contributed by atoms with E-state index >= 15 is 0 Å². The normalized spacial score (nSPS) is 11.3. The minimum absolute atomic E-state index is 0.201. The van der Waals surface area contributed by atoms with Gasteiger partial charge in [-0.1, -0.05) is 29.2 Å². The fraction of sp³-hybridized carbons (Fsp3) is 0.893. The van der Waals surface area contributed by atoms with Crippen LogP contribution in [0.15, 0.2) is 12.2 Å². The van der Waals surface area contributed by atoms with Crippen LogP contribution in [0.2, 0.25) is 0 Å². The minimum Gasteiger partial charge on any atom is -0.460 e. The summed E-state index contributed by atoms with van der Waals surface area (Å²) in [5, 5.41) is 0. The van der Waals surface area contributed by atoms with E-state index in [4.69, 9.17) is 56.8 Å². The Hall–Kier alpha value is -0.500. The Bertz CT molecular complexity index is 572. The molecule has 0 aliphatic heterocycles. The lowest BCUT2D eigenvalue weighted by Gasteiger charge is -2.09. The molecule has 0 atom stereocenters. The monoisotopic (exact) mass is 724 g/mol. The maximum absolute atomic E-state index is 11.2. The second kappa shape index (κ2) is 36.7. The van der Waals surface area contributed by atoms with Crippen molar-refractivity contribution < 1.29 is 61.6 Å². The number of alkyl halides is 1. The highest BCUT2D eigenvalue weighted by molar-refractivity contribution is 14.1. The summed E-state index contributed by atoms with van der Waals surface area (Å²) in [6.45, 7) is 16.6. The van der Waals surface area contributed by atoms with E-state index in [0.29, 0.717) is 144 Å².